The topological polar surface area (TPSA) is 27.2 Å². The van der Waals surface area contributed by atoms with Crippen molar-refractivity contribution in [1.82, 2.24) is 18.5 Å². The van der Waals surface area contributed by atoms with E-state index in [-0.39, 0.29) is 0 Å². The van der Waals surface area contributed by atoms with Crippen LogP contribution < -0.4 is 0 Å². The summed E-state index contributed by atoms with van der Waals surface area (Å²) in [4.78, 5) is 5.14. The molecular formula is C39H24N4. The fourth-order valence-corrected chi connectivity index (χ4v) is 7.24. The number of pyridine rings is 1. The Bertz CT molecular complexity index is 2720. The molecule has 4 aromatic heterocycles. The summed E-state index contributed by atoms with van der Waals surface area (Å²) in [6.07, 6.45) is 0. The minimum Gasteiger partial charge on any atom is -0.309 e. The molecule has 0 spiro atoms. The Kier molecular flexibility index (Phi) is 4.42. The summed E-state index contributed by atoms with van der Waals surface area (Å²) in [6, 6.07) is 52.2. The highest BCUT2D eigenvalue weighted by Crippen LogP contribution is 2.41. The van der Waals surface area contributed by atoms with Crippen LogP contribution in [0, 0.1) is 0 Å². The Hall–Kier alpha value is -5.87. The largest absolute Gasteiger partial charge is 0.309 e. The Morgan fingerprint density at radius 3 is 1.79 bits per heavy atom. The van der Waals surface area contributed by atoms with E-state index in [1.807, 2.05) is 0 Å². The molecule has 0 amide bonds. The molecule has 0 aliphatic rings. The Labute approximate surface area is 246 Å². The van der Waals surface area contributed by atoms with Crippen LogP contribution in [0.4, 0.5) is 0 Å². The van der Waals surface area contributed by atoms with Gasteiger partial charge in [-0.2, -0.15) is 0 Å². The number of hydrogen-bond donors (Lipinski definition) is 0. The van der Waals surface area contributed by atoms with Crippen molar-refractivity contribution < 1.29 is 0 Å². The van der Waals surface area contributed by atoms with E-state index in [4.69, 9.17) is 4.98 Å². The van der Waals surface area contributed by atoms with Gasteiger partial charge in [0.05, 0.1) is 38.6 Å². The van der Waals surface area contributed by atoms with E-state index < -0.39 is 0 Å². The normalized spacial score (nSPS) is 12.2. The molecule has 0 N–H and O–H groups in total. The molecule has 6 aromatic carbocycles. The van der Waals surface area contributed by atoms with Gasteiger partial charge in [-0.3, -0.25) is 4.40 Å². The molecule has 0 aliphatic carbocycles. The van der Waals surface area contributed by atoms with Crippen LogP contribution in [0.1, 0.15) is 0 Å². The first-order chi connectivity index (χ1) is 21.4. The molecule has 200 valence electrons. The van der Waals surface area contributed by atoms with E-state index in [0.29, 0.717) is 0 Å². The van der Waals surface area contributed by atoms with Crippen molar-refractivity contribution in [2.24, 2.45) is 0 Å². The predicted molar refractivity (Wildman–Crippen MR) is 179 cm³/mol. The lowest BCUT2D eigenvalue weighted by Gasteiger charge is -2.12. The van der Waals surface area contributed by atoms with Gasteiger partial charge in [0.2, 0.25) is 0 Å². The van der Waals surface area contributed by atoms with Crippen molar-refractivity contribution in [1.29, 1.82) is 0 Å². The Morgan fingerprint density at radius 2 is 0.977 bits per heavy atom. The average Bonchev–Trinajstić information content (AvgIpc) is 3.73. The third-order valence-corrected chi connectivity index (χ3v) is 8.98. The summed E-state index contributed by atoms with van der Waals surface area (Å²) in [5, 5.41) is 6.04. The van der Waals surface area contributed by atoms with Gasteiger partial charge < -0.3 is 9.13 Å². The van der Waals surface area contributed by atoms with E-state index >= 15 is 0 Å². The summed E-state index contributed by atoms with van der Waals surface area (Å²) in [6.45, 7) is 0. The molecule has 4 heterocycles. The van der Waals surface area contributed by atoms with Gasteiger partial charge in [-0.25, -0.2) is 4.98 Å². The second-order valence-electron chi connectivity index (χ2n) is 11.2. The first-order valence-electron chi connectivity index (χ1n) is 14.7. The molecule has 43 heavy (non-hydrogen) atoms. The van der Waals surface area contributed by atoms with Crippen LogP contribution in [0.15, 0.2) is 146 Å². The van der Waals surface area contributed by atoms with Crippen LogP contribution in [0.5, 0.6) is 0 Å². The van der Waals surface area contributed by atoms with Crippen LogP contribution in [0.3, 0.4) is 0 Å². The molecule has 0 aliphatic heterocycles. The van der Waals surface area contributed by atoms with Crippen LogP contribution in [0.25, 0.3) is 82.6 Å². The maximum atomic E-state index is 5.14. The lowest BCUT2D eigenvalue weighted by atomic mass is 10.1. The third kappa shape index (κ3) is 2.97. The highest BCUT2D eigenvalue weighted by molar-refractivity contribution is 6.21. The number of aromatic nitrogens is 4. The van der Waals surface area contributed by atoms with Crippen molar-refractivity contribution in [3.63, 3.8) is 0 Å². The molecule has 4 nitrogen and oxygen atoms in total. The van der Waals surface area contributed by atoms with E-state index in [1.54, 1.807) is 0 Å². The second kappa shape index (κ2) is 8.34. The first kappa shape index (κ1) is 22.8. The van der Waals surface area contributed by atoms with Crippen LogP contribution in [-0.4, -0.2) is 18.5 Å². The SMILES string of the molecule is c1ccc(-n2c3ccccc3c3cc(-n4c5ccccc5c5c4c4ccccc4c4nc6ccccc6n45)ccc32)cc1. The van der Waals surface area contributed by atoms with Crippen molar-refractivity contribution in [3.8, 4) is 11.4 Å². The fourth-order valence-electron chi connectivity index (χ4n) is 7.24. The molecular weight excluding hydrogens is 524 g/mol. The molecule has 0 saturated carbocycles. The van der Waals surface area contributed by atoms with Gasteiger partial charge in [-0.15, -0.1) is 0 Å². The summed E-state index contributed by atoms with van der Waals surface area (Å²) in [5.41, 5.74) is 11.4. The van der Waals surface area contributed by atoms with E-state index in [9.17, 15) is 0 Å². The van der Waals surface area contributed by atoms with E-state index in [2.05, 4.69) is 159 Å². The summed E-state index contributed by atoms with van der Waals surface area (Å²) >= 11 is 0. The molecule has 4 heteroatoms. The summed E-state index contributed by atoms with van der Waals surface area (Å²) in [7, 11) is 0. The highest BCUT2D eigenvalue weighted by Gasteiger charge is 2.22. The van der Waals surface area contributed by atoms with Crippen LogP contribution in [-0.2, 0) is 0 Å². The van der Waals surface area contributed by atoms with Crippen molar-refractivity contribution in [2.75, 3.05) is 0 Å². The van der Waals surface area contributed by atoms with Crippen LogP contribution >= 0.6 is 0 Å². The zero-order chi connectivity index (χ0) is 28.1. The Morgan fingerprint density at radius 1 is 0.372 bits per heavy atom. The van der Waals surface area contributed by atoms with Gasteiger partial charge in [0.1, 0.15) is 5.65 Å². The van der Waals surface area contributed by atoms with E-state index in [0.717, 1.165) is 27.8 Å². The molecule has 0 radical (unpaired) electrons. The van der Waals surface area contributed by atoms with Gasteiger partial charge in [-0.05, 0) is 54.6 Å². The van der Waals surface area contributed by atoms with Crippen molar-refractivity contribution in [2.45, 2.75) is 0 Å². The number of imidazole rings is 1. The quantitative estimate of drug-likeness (QED) is 0.211. The standard InChI is InChI=1S/C39H24N4/c1-2-12-25(13-3-1)41-33-19-9-6-14-27(33)31-24-26(22-23-35(31)41)42-34-20-10-7-17-30(34)38-37(42)28-15-4-5-16-29(28)39-40-32-18-8-11-21-36(32)43(38)39/h1-24H. The molecule has 0 bridgehead atoms. The Balaban J connectivity index is 1.40. The average molecular weight is 549 g/mol. The number of hydrogen-bond acceptors (Lipinski definition) is 1. The molecule has 0 saturated heterocycles. The number of para-hydroxylation sites is 5. The van der Waals surface area contributed by atoms with Crippen molar-refractivity contribution in [3.05, 3.63) is 146 Å². The zero-order valence-electron chi connectivity index (χ0n) is 23.1. The summed E-state index contributed by atoms with van der Waals surface area (Å²) in [5.74, 6) is 0. The van der Waals surface area contributed by atoms with Gasteiger partial charge in [0, 0.05) is 38.3 Å². The maximum absolute atomic E-state index is 5.14. The molecule has 0 unspecified atom stereocenters. The molecule has 0 fully saturated rings. The number of benzene rings is 6. The molecule has 10 rings (SSSR count). The van der Waals surface area contributed by atoms with Gasteiger partial charge in [0.15, 0.2) is 0 Å². The highest BCUT2D eigenvalue weighted by atomic mass is 15.1. The lowest BCUT2D eigenvalue weighted by molar-refractivity contribution is 1.17. The predicted octanol–water partition coefficient (Wildman–Crippen LogP) is 9.83. The minimum atomic E-state index is 0.994. The van der Waals surface area contributed by atoms with Crippen molar-refractivity contribution >= 4 is 71.2 Å². The van der Waals surface area contributed by atoms with Gasteiger partial charge in [-0.1, -0.05) is 91.0 Å². The monoisotopic (exact) mass is 548 g/mol. The lowest BCUT2D eigenvalue weighted by Crippen LogP contribution is -1.97. The number of rotatable bonds is 2. The first-order valence-corrected chi connectivity index (χ1v) is 14.7. The second-order valence-corrected chi connectivity index (χ2v) is 11.2. The molecule has 10 aromatic rings. The number of nitrogens with zero attached hydrogens (tertiary/aromatic N) is 4. The van der Waals surface area contributed by atoms with Crippen LogP contribution in [0.2, 0.25) is 0 Å². The third-order valence-electron chi connectivity index (χ3n) is 8.98. The molecule has 0 atom stereocenters. The van der Waals surface area contributed by atoms with Gasteiger partial charge >= 0.3 is 0 Å². The maximum Gasteiger partial charge on any atom is 0.146 e. The number of fused-ring (bicyclic) bond motifs is 13. The van der Waals surface area contributed by atoms with E-state index in [1.165, 1.54) is 54.8 Å². The van der Waals surface area contributed by atoms with Gasteiger partial charge in [0.25, 0.3) is 0 Å². The zero-order valence-corrected chi connectivity index (χ0v) is 23.1. The fraction of sp³-hybridized carbons (Fsp3) is 0. The minimum absolute atomic E-state index is 0.994. The smallest absolute Gasteiger partial charge is 0.146 e. The summed E-state index contributed by atoms with van der Waals surface area (Å²) < 4.78 is 7.19.